The summed E-state index contributed by atoms with van der Waals surface area (Å²) in [6, 6.07) is 8.29. The van der Waals surface area contributed by atoms with Crippen LogP contribution >= 0.6 is 11.3 Å². The number of benzene rings is 1. The van der Waals surface area contributed by atoms with E-state index in [0.29, 0.717) is 6.61 Å². The molecule has 100 valence electrons. The Hall–Kier alpha value is -1.65. The molecule has 19 heavy (non-hydrogen) atoms. The van der Waals surface area contributed by atoms with E-state index in [0.717, 1.165) is 22.9 Å². The van der Waals surface area contributed by atoms with E-state index in [2.05, 4.69) is 29.9 Å². The molecule has 2 rings (SSSR count). The van der Waals surface area contributed by atoms with Crippen molar-refractivity contribution in [1.82, 2.24) is 10.3 Å². The average molecular weight is 274 g/mol. The lowest BCUT2D eigenvalue weighted by Gasteiger charge is -2.14. The van der Waals surface area contributed by atoms with Crippen LogP contribution in [0.5, 0.6) is 5.75 Å². The van der Waals surface area contributed by atoms with Crippen molar-refractivity contribution in [3.63, 3.8) is 0 Å². The number of hydrogen-bond acceptors (Lipinski definition) is 4. The van der Waals surface area contributed by atoms with Crippen LogP contribution < -0.4 is 10.1 Å². The molecule has 0 spiro atoms. The van der Waals surface area contributed by atoms with Crippen molar-refractivity contribution in [2.45, 2.75) is 19.5 Å². The van der Waals surface area contributed by atoms with Crippen LogP contribution in [0, 0.1) is 0 Å². The molecule has 0 saturated carbocycles. The fraction of sp³-hybridized carbons (Fsp3) is 0.267. The summed E-state index contributed by atoms with van der Waals surface area (Å²) in [5.41, 5.74) is 1.15. The Morgan fingerprint density at radius 2 is 2.32 bits per heavy atom. The van der Waals surface area contributed by atoms with Crippen molar-refractivity contribution < 1.29 is 4.74 Å². The number of nitrogens with one attached hydrogen (secondary N) is 1. The summed E-state index contributed by atoms with van der Waals surface area (Å²) < 4.78 is 5.64. The lowest BCUT2D eigenvalue weighted by Crippen LogP contribution is -2.18. The highest BCUT2D eigenvalue weighted by atomic mass is 32.1. The Morgan fingerprint density at radius 3 is 3.05 bits per heavy atom. The summed E-state index contributed by atoms with van der Waals surface area (Å²) >= 11 is 1.67. The monoisotopic (exact) mass is 274 g/mol. The summed E-state index contributed by atoms with van der Waals surface area (Å²) in [6.07, 6.45) is 3.59. The zero-order chi connectivity index (χ0) is 13.5. The van der Waals surface area contributed by atoms with Gasteiger partial charge in [-0.2, -0.15) is 0 Å². The van der Waals surface area contributed by atoms with Crippen molar-refractivity contribution >= 4 is 11.3 Å². The van der Waals surface area contributed by atoms with E-state index in [-0.39, 0.29) is 6.04 Å². The average Bonchev–Trinajstić information content (AvgIpc) is 2.97. The number of ether oxygens (including phenoxy) is 1. The minimum absolute atomic E-state index is 0.243. The number of nitrogens with zero attached hydrogens (tertiary/aromatic N) is 1. The number of rotatable bonds is 7. The van der Waals surface area contributed by atoms with Crippen molar-refractivity contribution in [1.29, 1.82) is 0 Å². The maximum absolute atomic E-state index is 5.64. The second-order valence-electron chi connectivity index (χ2n) is 4.18. The molecule has 0 aliphatic heterocycles. The molecule has 1 unspecified atom stereocenters. The van der Waals surface area contributed by atoms with Gasteiger partial charge in [0.05, 0.1) is 6.04 Å². The first-order valence-corrected chi connectivity index (χ1v) is 7.13. The van der Waals surface area contributed by atoms with Gasteiger partial charge in [-0.05, 0) is 13.0 Å². The lowest BCUT2D eigenvalue weighted by atomic mass is 10.2. The number of aromatic nitrogens is 1. The minimum Gasteiger partial charge on any atom is -0.489 e. The van der Waals surface area contributed by atoms with Crippen LogP contribution in [0.15, 0.2) is 48.5 Å². The van der Waals surface area contributed by atoms with Gasteiger partial charge >= 0.3 is 0 Å². The molecule has 3 nitrogen and oxygen atoms in total. The quantitative estimate of drug-likeness (QED) is 0.784. The fourth-order valence-electron chi connectivity index (χ4n) is 1.74. The molecule has 0 saturated heterocycles. The molecule has 0 aliphatic carbocycles. The van der Waals surface area contributed by atoms with E-state index in [1.807, 2.05) is 29.8 Å². The van der Waals surface area contributed by atoms with Crippen LogP contribution in [0.2, 0.25) is 0 Å². The van der Waals surface area contributed by atoms with Crippen molar-refractivity contribution in [3.05, 3.63) is 59.1 Å². The molecule has 0 aliphatic rings. The first-order valence-electron chi connectivity index (χ1n) is 6.25. The smallest absolute Gasteiger partial charge is 0.124 e. The minimum atomic E-state index is 0.243. The molecule has 2 aromatic rings. The Kier molecular flexibility index (Phi) is 5.12. The SMILES string of the molecule is C=CCOc1ccccc1CNC(C)c1nccs1. The van der Waals surface area contributed by atoms with E-state index in [1.165, 1.54) is 0 Å². The standard InChI is InChI=1S/C15H18N2OS/c1-3-9-18-14-7-5-4-6-13(14)11-17-12(2)15-16-8-10-19-15/h3-8,10,12,17H,1,9,11H2,2H3. The van der Waals surface area contributed by atoms with Gasteiger partial charge in [0.2, 0.25) is 0 Å². The number of para-hydroxylation sites is 1. The van der Waals surface area contributed by atoms with E-state index < -0.39 is 0 Å². The molecule has 4 heteroatoms. The zero-order valence-electron chi connectivity index (χ0n) is 11.0. The van der Waals surface area contributed by atoms with Crippen molar-refractivity contribution in [3.8, 4) is 5.75 Å². The molecule has 0 amide bonds. The molecule has 1 N–H and O–H groups in total. The van der Waals surface area contributed by atoms with Gasteiger partial charge in [0.1, 0.15) is 17.4 Å². The van der Waals surface area contributed by atoms with Crippen LogP contribution in [-0.4, -0.2) is 11.6 Å². The predicted molar refractivity (Wildman–Crippen MR) is 79.5 cm³/mol. The summed E-state index contributed by atoms with van der Waals surface area (Å²) in [5, 5.41) is 6.56. The Labute approximate surface area is 118 Å². The van der Waals surface area contributed by atoms with E-state index >= 15 is 0 Å². The van der Waals surface area contributed by atoms with Crippen molar-refractivity contribution in [2.24, 2.45) is 0 Å². The Morgan fingerprint density at radius 1 is 1.47 bits per heavy atom. The molecule has 1 aromatic carbocycles. The molecule has 0 fully saturated rings. The summed E-state index contributed by atoms with van der Waals surface area (Å²) in [5.74, 6) is 0.904. The molecule has 1 aromatic heterocycles. The Balaban J connectivity index is 1.97. The largest absolute Gasteiger partial charge is 0.489 e. The lowest BCUT2D eigenvalue weighted by molar-refractivity contribution is 0.357. The highest BCUT2D eigenvalue weighted by Gasteiger charge is 2.09. The summed E-state index contributed by atoms with van der Waals surface area (Å²) in [6.45, 7) is 7.07. The van der Waals surface area contributed by atoms with Gasteiger partial charge < -0.3 is 10.1 Å². The second kappa shape index (κ2) is 7.07. The first kappa shape index (κ1) is 13.8. The maximum atomic E-state index is 5.64. The summed E-state index contributed by atoms with van der Waals surface area (Å²) in [4.78, 5) is 4.31. The number of thiazole rings is 1. The molecule has 1 heterocycles. The van der Waals surface area contributed by atoms with E-state index in [4.69, 9.17) is 4.74 Å². The van der Waals surface area contributed by atoms with Gasteiger partial charge in [0.25, 0.3) is 0 Å². The van der Waals surface area contributed by atoms with Gasteiger partial charge in [-0.15, -0.1) is 11.3 Å². The number of hydrogen-bond donors (Lipinski definition) is 1. The second-order valence-corrected chi connectivity index (χ2v) is 5.11. The molecule has 0 bridgehead atoms. The summed E-state index contributed by atoms with van der Waals surface area (Å²) in [7, 11) is 0. The third-order valence-corrected chi connectivity index (χ3v) is 3.71. The van der Waals surface area contributed by atoms with Crippen LogP contribution in [0.25, 0.3) is 0 Å². The third kappa shape index (κ3) is 3.91. The van der Waals surface area contributed by atoms with Gasteiger partial charge in [-0.25, -0.2) is 4.98 Å². The zero-order valence-corrected chi connectivity index (χ0v) is 11.8. The molecular weight excluding hydrogens is 256 g/mol. The highest BCUT2D eigenvalue weighted by Crippen LogP contribution is 2.20. The fourth-order valence-corrected chi connectivity index (χ4v) is 2.41. The van der Waals surface area contributed by atoms with E-state index in [9.17, 15) is 0 Å². The molecule has 0 radical (unpaired) electrons. The van der Waals surface area contributed by atoms with Crippen LogP contribution in [-0.2, 0) is 6.54 Å². The third-order valence-electron chi connectivity index (χ3n) is 2.75. The molecular formula is C15H18N2OS. The van der Waals surface area contributed by atoms with Crippen LogP contribution in [0.1, 0.15) is 23.5 Å². The van der Waals surface area contributed by atoms with Crippen LogP contribution in [0.3, 0.4) is 0 Å². The normalized spacial score (nSPS) is 12.1. The van der Waals surface area contributed by atoms with Gasteiger partial charge in [0, 0.05) is 23.7 Å². The van der Waals surface area contributed by atoms with Gasteiger partial charge in [0.15, 0.2) is 0 Å². The van der Waals surface area contributed by atoms with Gasteiger partial charge in [-0.1, -0.05) is 30.9 Å². The Bertz CT molecular complexity index is 511. The van der Waals surface area contributed by atoms with Gasteiger partial charge in [-0.3, -0.25) is 0 Å². The first-order chi connectivity index (χ1) is 9.31. The maximum Gasteiger partial charge on any atom is 0.124 e. The van der Waals surface area contributed by atoms with Crippen LogP contribution in [0.4, 0.5) is 0 Å². The predicted octanol–water partition coefficient (Wildman–Crippen LogP) is 3.56. The topological polar surface area (TPSA) is 34.1 Å². The van der Waals surface area contributed by atoms with Crippen molar-refractivity contribution in [2.75, 3.05) is 6.61 Å². The highest BCUT2D eigenvalue weighted by molar-refractivity contribution is 7.09. The van der Waals surface area contributed by atoms with E-state index in [1.54, 1.807) is 17.4 Å². The molecule has 1 atom stereocenters.